The average Bonchev–Trinajstić information content (AvgIpc) is 2.42. The fraction of sp³-hybridized carbons (Fsp3) is 0.467. The lowest BCUT2D eigenvalue weighted by Gasteiger charge is -2.06. The summed E-state index contributed by atoms with van der Waals surface area (Å²) in [5.41, 5.74) is 1.22. The summed E-state index contributed by atoms with van der Waals surface area (Å²) >= 11 is 6.14. The Hall–Kier alpha value is -0.0300. The zero-order valence-corrected chi connectivity index (χ0v) is 14.8. The van der Waals surface area contributed by atoms with Gasteiger partial charge in [-0.1, -0.05) is 38.3 Å². The highest BCUT2D eigenvalue weighted by molar-refractivity contribution is 14.1. The molecule has 0 unspecified atom stereocenters. The first kappa shape index (κ1) is 16.0. The van der Waals surface area contributed by atoms with Crippen molar-refractivity contribution in [3.05, 3.63) is 33.4 Å². The molecule has 0 spiro atoms. The molecule has 0 radical (unpaired) electrons. The number of unbranched alkanes of at least 4 members (excludes halogenated alkanes) is 3. The van der Waals surface area contributed by atoms with Gasteiger partial charge in [-0.15, -0.1) is 0 Å². The second-order valence-corrected chi connectivity index (χ2v) is 6.35. The van der Waals surface area contributed by atoms with Crippen LogP contribution in [0.2, 0.25) is 0 Å². The predicted octanol–water partition coefficient (Wildman–Crippen LogP) is 6.16. The summed E-state index contributed by atoms with van der Waals surface area (Å²) in [4.78, 5) is 0. The molecular weight excluding hydrogens is 403 g/mol. The summed E-state index contributed by atoms with van der Waals surface area (Å²) in [7, 11) is 1.69. The molecule has 0 atom stereocenters. The molecule has 0 saturated heterocycles. The van der Waals surface area contributed by atoms with Crippen molar-refractivity contribution in [1.29, 1.82) is 0 Å². The van der Waals surface area contributed by atoms with E-state index >= 15 is 0 Å². The topological polar surface area (TPSA) is 9.23 Å². The van der Waals surface area contributed by atoms with Crippen molar-refractivity contribution < 1.29 is 4.74 Å². The fourth-order valence-corrected chi connectivity index (χ4v) is 2.87. The summed E-state index contributed by atoms with van der Waals surface area (Å²) in [6.45, 7) is 2.24. The Morgan fingerprint density at radius 3 is 2.39 bits per heavy atom. The fourth-order valence-electron chi connectivity index (χ4n) is 1.71. The summed E-state index contributed by atoms with van der Waals surface area (Å²) < 4.78 is 7.78. The first-order valence-corrected chi connectivity index (χ1v) is 8.24. The zero-order valence-electron chi connectivity index (χ0n) is 11.0. The maximum atomic E-state index is 5.17. The van der Waals surface area contributed by atoms with Crippen LogP contribution >= 0.6 is 38.5 Å². The smallest absolute Gasteiger partial charge is 0.118 e. The number of allylic oxidation sites excluding steroid dienone is 1. The summed E-state index contributed by atoms with van der Waals surface area (Å²) in [5, 5.41) is 0. The number of halogens is 2. The van der Waals surface area contributed by atoms with Crippen molar-refractivity contribution >= 4 is 43.0 Å². The quantitative estimate of drug-likeness (QED) is 0.377. The molecule has 3 heteroatoms. The van der Waals surface area contributed by atoms with Gasteiger partial charge in [-0.05, 0) is 69.1 Å². The Labute approximate surface area is 132 Å². The number of benzene rings is 1. The molecule has 0 N–H and O–H groups in total. The first-order valence-electron chi connectivity index (χ1n) is 6.37. The molecule has 1 aromatic rings. The van der Waals surface area contributed by atoms with Gasteiger partial charge in [-0.25, -0.2) is 0 Å². The Morgan fingerprint density at radius 1 is 1.17 bits per heavy atom. The average molecular weight is 423 g/mol. The maximum Gasteiger partial charge on any atom is 0.118 e. The molecule has 0 bridgehead atoms. The summed E-state index contributed by atoms with van der Waals surface area (Å²) in [5.74, 6) is 0.900. The minimum Gasteiger partial charge on any atom is -0.497 e. The molecule has 0 aromatic heterocycles. The second-order valence-electron chi connectivity index (χ2n) is 4.26. The SMILES string of the molecule is CCCCCC/C(I)=C(\Br)c1ccc(OC)cc1. The van der Waals surface area contributed by atoms with Crippen molar-refractivity contribution in [3.8, 4) is 5.75 Å². The normalized spacial score (nSPS) is 12.2. The van der Waals surface area contributed by atoms with Crippen molar-refractivity contribution in [2.75, 3.05) is 7.11 Å². The van der Waals surface area contributed by atoms with Crippen LogP contribution in [0.5, 0.6) is 5.75 Å². The van der Waals surface area contributed by atoms with Crippen LogP contribution in [0.3, 0.4) is 0 Å². The number of rotatable bonds is 7. The van der Waals surface area contributed by atoms with E-state index in [1.165, 1.54) is 39.3 Å². The molecule has 1 nitrogen and oxygen atoms in total. The van der Waals surface area contributed by atoms with Crippen LogP contribution in [-0.4, -0.2) is 7.11 Å². The molecule has 0 heterocycles. The van der Waals surface area contributed by atoms with Gasteiger partial charge in [0.15, 0.2) is 0 Å². The van der Waals surface area contributed by atoms with Gasteiger partial charge in [0, 0.05) is 8.06 Å². The Balaban J connectivity index is 2.61. The molecule has 0 aliphatic rings. The standard InChI is InChI=1S/C15H20BrIO/c1-3-4-5-6-7-14(17)15(16)12-8-10-13(18-2)11-9-12/h8-11H,3-7H2,1-2H3/b15-14+. The minimum atomic E-state index is 0.900. The van der Waals surface area contributed by atoms with Crippen molar-refractivity contribution in [1.82, 2.24) is 0 Å². The van der Waals surface area contributed by atoms with Crippen LogP contribution in [-0.2, 0) is 0 Å². The second kappa shape index (κ2) is 8.97. The Bertz CT molecular complexity index is 384. The lowest BCUT2D eigenvalue weighted by Crippen LogP contribution is -1.85. The molecule has 18 heavy (non-hydrogen) atoms. The van der Waals surface area contributed by atoms with Gasteiger partial charge in [0.25, 0.3) is 0 Å². The largest absolute Gasteiger partial charge is 0.497 e. The van der Waals surface area contributed by atoms with E-state index in [0.29, 0.717) is 0 Å². The molecule has 0 aliphatic heterocycles. The molecule has 0 aliphatic carbocycles. The first-order chi connectivity index (χ1) is 8.69. The number of hydrogen-bond donors (Lipinski definition) is 0. The van der Waals surface area contributed by atoms with Gasteiger partial charge in [0.1, 0.15) is 5.75 Å². The van der Waals surface area contributed by atoms with E-state index in [0.717, 1.165) is 12.2 Å². The monoisotopic (exact) mass is 422 g/mol. The van der Waals surface area contributed by atoms with E-state index in [9.17, 15) is 0 Å². The molecule has 100 valence electrons. The lowest BCUT2D eigenvalue weighted by molar-refractivity contribution is 0.415. The number of ether oxygens (including phenoxy) is 1. The summed E-state index contributed by atoms with van der Waals surface area (Å²) in [6, 6.07) is 8.18. The van der Waals surface area contributed by atoms with E-state index in [2.05, 4.69) is 57.6 Å². The van der Waals surface area contributed by atoms with Crippen LogP contribution in [0, 0.1) is 0 Å². The van der Waals surface area contributed by atoms with Crippen LogP contribution in [0.15, 0.2) is 27.8 Å². The third-order valence-corrected chi connectivity index (χ3v) is 5.59. The van der Waals surface area contributed by atoms with Crippen LogP contribution in [0.1, 0.15) is 44.6 Å². The van der Waals surface area contributed by atoms with Gasteiger partial charge in [-0.2, -0.15) is 0 Å². The van der Waals surface area contributed by atoms with Crippen LogP contribution in [0.4, 0.5) is 0 Å². The van der Waals surface area contributed by atoms with Crippen LogP contribution in [0.25, 0.3) is 4.48 Å². The van der Waals surface area contributed by atoms with E-state index < -0.39 is 0 Å². The third-order valence-electron chi connectivity index (χ3n) is 2.83. The van der Waals surface area contributed by atoms with E-state index in [4.69, 9.17) is 4.74 Å². The number of methoxy groups -OCH3 is 1. The van der Waals surface area contributed by atoms with Crippen molar-refractivity contribution in [3.63, 3.8) is 0 Å². The molecule has 0 amide bonds. The molecular formula is C15H20BrIO. The van der Waals surface area contributed by atoms with Gasteiger partial charge in [0.2, 0.25) is 0 Å². The maximum absolute atomic E-state index is 5.17. The van der Waals surface area contributed by atoms with Gasteiger partial charge in [-0.3, -0.25) is 0 Å². The summed E-state index contributed by atoms with van der Waals surface area (Å²) in [6.07, 6.45) is 6.39. The van der Waals surface area contributed by atoms with E-state index in [1.54, 1.807) is 7.11 Å². The highest BCUT2D eigenvalue weighted by atomic mass is 127. The van der Waals surface area contributed by atoms with Gasteiger partial charge < -0.3 is 4.74 Å². The van der Waals surface area contributed by atoms with E-state index in [-0.39, 0.29) is 0 Å². The Kier molecular flexibility index (Phi) is 7.98. The van der Waals surface area contributed by atoms with Crippen molar-refractivity contribution in [2.45, 2.75) is 39.0 Å². The molecule has 1 aromatic carbocycles. The lowest BCUT2D eigenvalue weighted by atomic mass is 10.1. The third kappa shape index (κ3) is 5.31. The van der Waals surface area contributed by atoms with Crippen LogP contribution < -0.4 is 4.74 Å². The molecule has 0 saturated carbocycles. The zero-order chi connectivity index (χ0) is 13.4. The van der Waals surface area contributed by atoms with Crippen molar-refractivity contribution in [2.24, 2.45) is 0 Å². The highest BCUT2D eigenvalue weighted by Crippen LogP contribution is 2.32. The van der Waals surface area contributed by atoms with Gasteiger partial charge >= 0.3 is 0 Å². The predicted molar refractivity (Wildman–Crippen MR) is 91.6 cm³/mol. The Morgan fingerprint density at radius 2 is 1.83 bits per heavy atom. The molecule has 0 fully saturated rings. The molecule has 1 rings (SSSR count). The van der Waals surface area contributed by atoms with Gasteiger partial charge in [0.05, 0.1) is 7.11 Å². The van der Waals surface area contributed by atoms with E-state index in [1.807, 2.05) is 12.1 Å². The number of hydrogen-bond acceptors (Lipinski definition) is 1. The minimum absolute atomic E-state index is 0.900. The highest BCUT2D eigenvalue weighted by Gasteiger charge is 2.04.